The largest absolute Gasteiger partial charge is 0.493 e. The highest BCUT2D eigenvalue weighted by Crippen LogP contribution is 2.37. The van der Waals surface area contributed by atoms with Gasteiger partial charge in [-0.25, -0.2) is 4.79 Å². The van der Waals surface area contributed by atoms with Crippen LogP contribution in [-0.2, 0) is 13.2 Å². The first kappa shape index (κ1) is 22.0. The van der Waals surface area contributed by atoms with E-state index in [0.717, 1.165) is 21.2 Å². The lowest BCUT2D eigenvalue weighted by molar-refractivity contribution is 0.0697. The van der Waals surface area contributed by atoms with E-state index >= 15 is 0 Å². The molecule has 30 heavy (non-hydrogen) atoms. The van der Waals surface area contributed by atoms with Gasteiger partial charge in [0.25, 0.3) is 0 Å². The molecule has 3 rings (SSSR count). The Morgan fingerprint density at radius 1 is 1.17 bits per heavy atom. The zero-order chi connectivity index (χ0) is 21.7. The predicted octanol–water partition coefficient (Wildman–Crippen LogP) is 6.31. The maximum absolute atomic E-state index is 11.3. The monoisotopic (exact) mass is 489 g/mol. The summed E-state index contributed by atoms with van der Waals surface area (Å²) in [5.74, 6) is 0.159. The van der Waals surface area contributed by atoms with E-state index in [0.29, 0.717) is 30.3 Å². The maximum atomic E-state index is 11.3. The average Bonchev–Trinajstić information content (AvgIpc) is 2.72. The first-order chi connectivity index (χ1) is 14.4. The number of aromatic carboxylic acids is 1. The Balaban J connectivity index is 1.85. The second-order valence-corrected chi connectivity index (χ2v) is 7.95. The van der Waals surface area contributed by atoms with Crippen LogP contribution in [0.2, 0.25) is 5.02 Å². The Morgan fingerprint density at radius 2 is 1.97 bits per heavy atom. The van der Waals surface area contributed by atoms with Crippen molar-refractivity contribution in [2.24, 2.45) is 0 Å². The molecule has 2 N–H and O–H groups in total. The molecule has 0 fully saturated rings. The minimum atomic E-state index is -1.08. The molecule has 0 radical (unpaired) electrons. The molecular weight excluding hydrogens is 470 g/mol. The Bertz CT molecular complexity index is 1070. The van der Waals surface area contributed by atoms with E-state index in [1.54, 1.807) is 19.2 Å². The molecule has 7 heteroatoms. The van der Waals surface area contributed by atoms with Gasteiger partial charge >= 0.3 is 5.97 Å². The lowest BCUT2D eigenvalue weighted by atomic mass is 10.1. The summed E-state index contributed by atoms with van der Waals surface area (Å²) in [6, 6.07) is 16.6. The van der Waals surface area contributed by atoms with Gasteiger partial charge in [-0.15, -0.1) is 0 Å². The molecule has 0 saturated carbocycles. The number of ether oxygens (including phenoxy) is 2. The average molecular weight is 491 g/mol. The van der Waals surface area contributed by atoms with Crippen molar-refractivity contribution in [2.75, 3.05) is 12.4 Å². The van der Waals surface area contributed by atoms with E-state index in [1.165, 1.54) is 6.07 Å². The fourth-order valence-corrected chi connectivity index (χ4v) is 3.66. The van der Waals surface area contributed by atoms with Crippen molar-refractivity contribution in [1.82, 2.24) is 0 Å². The fourth-order valence-electron chi connectivity index (χ4n) is 3.01. The fraction of sp³-hybridized carbons (Fsp3) is 0.174. The summed E-state index contributed by atoms with van der Waals surface area (Å²) in [7, 11) is 1.60. The molecule has 0 bridgehead atoms. The van der Waals surface area contributed by atoms with Crippen LogP contribution in [0.1, 0.15) is 27.0 Å². The number of carboxylic acid groups (broad SMARTS) is 1. The number of nitrogens with one attached hydrogen (secondary N) is 1. The van der Waals surface area contributed by atoms with Gasteiger partial charge in [0.1, 0.15) is 6.61 Å². The lowest BCUT2D eigenvalue weighted by Crippen LogP contribution is -2.07. The Kier molecular flexibility index (Phi) is 7.24. The van der Waals surface area contributed by atoms with Crippen molar-refractivity contribution in [1.29, 1.82) is 0 Å². The smallest absolute Gasteiger partial charge is 0.337 e. The van der Waals surface area contributed by atoms with Gasteiger partial charge < -0.3 is 19.9 Å². The van der Waals surface area contributed by atoms with Gasteiger partial charge in [-0.3, -0.25) is 0 Å². The van der Waals surface area contributed by atoms with Crippen molar-refractivity contribution in [3.8, 4) is 11.5 Å². The quantitative estimate of drug-likeness (QED) is 0.387. The molecule has 5 nitrogen and oxygen atoms in total. The molecule has 0 heterocycles. The third kappa shape index (κ3) is 5.26. The van der Waals surface area contributed by atoms with E-state index in [9.17, 15) is 9.90 Å². The van der Waals surface area contributed by atoms with Crippen molar-refractivity contribution >= 4 is 39.2 Å². The molecule has 156 valence electrons. The molecule has 0 saturated heterocycles. The molecule has 0 spiro atoms. The number of hydrogen-bond acceptors (Lipinski definition) is 4. The molecule has 0 amide bonds. The molecule has 0 unspecified atom stereocenters. The van der Waals surface area contributed by atoms with Gasteiger partial charge in [-0.1, -0.05) is 57.4 Å². The predicted molar refractivity (Wildman–Crippen MR) is 122 cm³/mol. The molecule has 0 aliphatic rings. The van der Waals surface area contributed by atoms with E-state index in [1.807, 2.05) is 37.3 Å². The normalized spacial score (nSPS) is 10.5. The number of rotatable bonds is 8. The van der Waals surface area contributed by atoms with Crippen LogP contribution in [0.25, 0.3) is 0 Å². The number of anilines is 1. The van der Waals surface area contributed by atoms with Crippen molar-refractivity contribution in [3.05, 3.63) is 86.3 Å². The number of carbonyl (C=O) groups is 1. The van der Waals surface area contributed by atoms with Crippen molar-refractivity contribution < 1.29 is 19.4 Å². The molecule has 0 aliphatic heterocycles. The summed E-state index contributed by atoms with van der Waals surface area (Å²) in [6.07, 6.45) is 0. The Hall–Kier alpha value is -2.70. The van der Waals surface area contributed by atoms with Gasteiger partial charge in [0.15, 0.2) is 11.5 Å². The first-order valence-corrected chi connectivity index (χ1v) is 10.4. The van der Waals surface area contributed by atoms with Crippen LogP contribution in [0.15, 0.2) is 59.1 Å². The second-order valence-electron chi connectivity index (χ2n) is 6.69. The lowest BCUT2D eigenvalue weighted by Gasteiger charge is -2.18. The number of carboxylic acids is 1. The minimum Gasteiger partial charge on any atom is -0.493 e. The van der Waals surface area contributed by atoms with Gasteiger partial charge in [0.05, 0.1) is 17.7 Å². The van der Waals surface area contributed by atoms with Crippen LogP contribution < -0.4 is 14.8 Å². The number of halogens is 2. The van der Waals surface area contributed by atoms with E-state index < -0.39 is 5.97 Å². The summed E-state index contributed by atoms with van der Waals surface area (Å²) in [5.41, 5.74) is 3.75. The maximum Gasteiger partial charge on any atom is 0.337 e. The third-order valence-corrected chi connectivity index (χ3v) is 5.59. The molecule has 0 aliphatic carbocycles. The molecule has 3 aromatic rings. The zero-order valence-electron chi connectivity index (χ0n) is 16.5. The van der Waals surface area contributed by atoms with Crippen LogP contribution >= 0.6 is 27.5 Å². The Morgan fingerprint density at radius 3 is 2.67 bits per heavy atom. The summed E-state index contributed by atoms with van der Waals surface area (Å²) in [4.78, 5) is 11.3. The van der Waals surface area contributed by atoms with Gasteiger partial charge in [-0.05, 0) is 42.8 Å². The molecular formula is C23H21BrClNO4. The molecule has 0 aromatic heterocycles. The summed E-state index contributed by atoms with van der Waals surface area (Å²) in [6.45, 7) is 2.82. The highest BCUT2D eigenvalue weighted by atomic mass is 79.9. The molecule has 0 atom stereocenters. The number of aryl methyl sites for hydroxylation is 1. The van der Waals surface area contributed by atoms with Crippen LogP contribution in [0.3, 0.4) is 0 Å². The number of hydrogen-bond donors (Lipinski definition) is 2. The summed E-state index contributed by atoms with van der Waals surface area (Å²) < 4.78 is 12.5. The molecule has 3 aromatic carbocycles. The van der Waals surface area contributed by atoms with E-state index in [2.05, 4.69) is 27.3 Å². The van der Waals surface area contributed by atoms with Crippen LogP contribution in [0, 0.1) is 6.92 Å². The minimum absolute atomic E-state index is 0.0438. The SMILES string of the molecule is COc1ccc(Br)c(CNc2ccc(Cl)c(C(=O)O)c2)c1OCc1cccc(C)c1. The van der Waals surface area contributed by atoms with Gasteiger partial charge in [-0.2, -0.15) is 0 Å². The van der Waals surface area contributed by atoms with E-state index in [4.69, 9.17) is 21.1 Å². The second kappa shape index (κ2) is 9.87. The van der Waals surface area contributed by atoms with Crippen LogP contribution in [0.5, 0.6) is 11.5 Å². The first-order valence-electron chi connectivity index (χ1n) is 9.19. The standard InChI is InChI=1S/C23H21BrClNO4/c1-14-4-3-5-15(10-14)13-30-22-18(19(24)7-9-21(22)29-2)12-26-16-6-8-20(25)17(11-16)23(27)28/h3-11,26H,12-13H2,1-2H3,(H,27,28). The van der Waals surface area contributed by atoms with Gasteiger partial charge in [0.2, 0.25) is 0 Å². The number of methoxy groups -OCH3 is 1. The topological polar surface area (TPSA) is 67.8 Å². The summed E-state index contributed by atoms with van der Waals surface area (Å²) >= 11 is 9.54. The van der Waals surface area contributed by atoms with Crippen molar-refractivity contribution in [3.63, 3.8) is 0 Å². The van der Waals surface area contributed by atoms with Crippen LogP contribution in [0.4, 0.5) is 5.69 Å². The van der Waals surface area contributed by atoms with Crippen LogP contribution in [-0.4, -0.2) is 18.2 Å². The number of benzene rings is 3. The van der Waals surface area contributed by atoms with Crippen molar-refractivity contribution in [2.45, 2.75) is 20.1 Å². The van der Waals surface area contributed by atoms with E-state index in [-0.39, 0.29) is 10.6 Å². The third-order valence-electron chi connectivity index (χ3n) is 4.52. The zero-order valence-corrected chi connectivity index (χ0v) is 18.9. The highest BCUT2D eigenvalue weighted by Gasteiger charge is 2.16. The highest BCUT2D eigenvalue weighted by molar-refractivity contribution is 9.10. The summed E-state index contributed by atoms with van der Waals surface area (Å²) in [5, 5.41) is 12.7. The Labute approximate surface area is 188 Å². The van der Waals surface area contributed by atoms with Gasteiger partial charge in [0, 0.05) is 22.3 Å².